The van der Waals surface area contributed by atoms with E-state index in [1.807, 2.05) is 0 Å². The summed E-state index contributed by atoms with van der Waals surface area (Å²) in [5.74, 6) is 0.444. The lowest BCUT2D eigenvalue weighted by atomic mass is 9.90. The number of aromatic nitrogens is 1. The van der Waals surface area contributed by atoms with Gasteiger partial charge in [-0.2, -0.15) is 0 Å². The Morgan fingerprint density at radius 2 is 2.10 bits per heavy atom. The summed E-state index contributed by atoms with van der Waals surface area (Å²) in [6, 6.07) is 0. The van der Waals surface area contributed by atoms with Gasteiger partial charge in [-0.1, -0.05) is 5.16 Å². The summed E-state index contributed by atoms with van der Waals surface area (Å²) in [5, 5.41) is 14.0. The van der Waals surface area contributed by atoms with Crippen LogP contribution in [0.1, 0.15) is 42.7 Å². The van der Waals surface area contributed by atoms with Crippen molar-refractivity contribution in [3.63, 3.8) is 0 Å². The Balaban J connectivity index is 1.56. The van der Waals surface area contributed by atoms with E-state index in [1.54, 1.807) is 0 Å². The van der Waals surface area contributed by atoms with Gasteiger partial charge in [0.25, 0.3) is 0 Å². The molecule has 2 aliphatic rings. The van der Waals surface area contributed by atoms with Crippen molar-refractivity contribution >= 4 is 5.91 Å². The maximum absolute atomic E-state index is 11.0. The molecule has 3 N–H and O–H groups in total. The highest BCUT2D eigenvalue weighted by Gasteiger charge is 2.29. The van der Waals surface area contributed by atoms with Gasteiger partial charge in [-0.15, -0.1) is 0 Å². The van der Waals surface area contributed by atoms with Gasteiger partial charge in [-0.25, -0.2) is 0 Å². The summed E-state index contributed by atoms with van der Waals surface area (Å²) in [5.41, 5.74) is 7.54. The van der Waals surface area contributed by atoms with Gasteiger partial charge >= 0.3 is 0 Å². The van der Waals surface area contributed by atoms with E-state index in [0.29, 0.717) is 0 Å². The number of rotatable bonds is 4. The number of nitrogens with zero attached hydrogens (tertiary/aromatic N) is 2. The zero-order valence-electron chi connectivity index (χ0n) is 12.3. The lowest BCUT2D eigenvalue weighted by Crippen LogP contribution is -2.42. The first-order valence-electron chi connectivity index (χ1n) is 7.81. The largest absolute Gasteiger partial charge is 0.383 e. The predicted molar refractivity (Wildman–Crippen MR) is 76.3 cm³/mol. The lowest BCUT2D eigenvalue weighted by molar-refractivity contribution is -0.129. The Morgan fingerprint density at radius 1 is 1.38 bits per heavy atom. The first-order chi connectivity index (χ1) is 10.1. The third kappa shape index (κ3) is 3.11. The van der Waals surface area contributed by atoms with Crippen LogP contribution in [0.15, 0.2) is 4.52 Å². The van der Waals surface area contributed by atoms with Crippen molar-refractivity contribution in [2.75, 3.05) is 13.1 Å². The SMILES string of the molecule is NC(=O)[C@@H](O)C1CCN(Cc2noc3c2CCCC3)CC1. The van der Waals surface area contributed by atoms with E-state index >= 15 is 0 Å². The molecule has 21 heavy (non-hydrogen) atoms. The van der Waals surface area contributed by atoms with Crippen molar-refractivity contribution in [2.45, 2.75) is 51.2 Å². The third-order valence-corrected chi connectivity index (χ3v) is 4.78. The van der Waals surface area contributed by atoms with Crippen LogP contribution in [0.2, 0.25) is 0 Å². The molecule has 1 atom stereocenters. The van der Waals surface area contributed by atoms with Crippen LogP contribution >= 0.6 is 0 Å². The molecule has 1 aromatic heterocycles. The number of primary amides is 1. The van der Waals surface area contributed by atoms with E-state index in [2.05, 4.69) is 10.1 Å². The van der Waals surface area contributed by atoms with Crippen molar-refractivity contribution < 1.29 is 14.4 Å². The zero-order valence-corrected chi connectivity index (χ0v) is 12.3. The molecule has 0 radical (unpaired) electrons. The van der Waals surface area contributed by atoms with Gasteiger partial charge in [0.2, 0.25) is 5.91 Å². The average Bonchev–Trinajstić information content (AvgIpc) is 2.91. The van der Waals surface area contributed by atoms with Gasteiger partial charge < -0.3 is 15.4 Å². The first kappa shape index (κ1) is 14.5. The highest BCUT2D eigenvalue weighted by atomic mass is 16.5. The molecular formula is C15H23N3O3. The van der Waals surface area contributed by atoms with Crippen molar-refractivity contribution in [2.24, 2.45) is 11.7 Å². The summed E-state index contributed by atoms with van der Waals surface area (Å²) in [7, 11) is 0. The Hall–Kier alpha value is -1.40. The maximum atomic E-state index is 11.0. The van der Waals surface area contributed by atoms with E-state index < -0.39 is 12.0 Å². The minimum atomic E-state index is -1.01. The molecule has 1 aliphatic heterocycles. The molecule has 0 saturated carbocycles. The minimum Gasteiger partial charge on any atom is -0.383 e. The molecule has 116 valence electrons. The van der Waals surface area contributed by atoms with Crippen LogP contribution < -0.4 is 5.73 Å². The van der Waals surface area contributed by atoms with Gasteiger partial charge in [-0.05, 0) is 51.1 Å². The number of aliphatic hydroxyl groups excluding tert-OH is 1. The number of aliphatic hydroxyl groups is 1. The molecule has 0 bridgehead atoms. The maximum Gasteiger partial charge on any atom is 0.246 e. The number of aryl methyl sites for hydroxylation is 1. The molecule has 1 amide bonds. The Morgan fingerprint density at radius 3 is 2.81 bits per heavy atom. The molecular weight excluding hydrogens is 270 g/mol. The fraction of sp³-hybridized carbons (Fsp3) is 0.733. The summed E-state index contributed by atoms with van der Waals surface area (Å²) < 4.78 is 5.44. The highest BCUT2D eigenvalue weighted by molar-refractivity contribution is 5.78. The van der Waals surface area contributed by atoms with Crippen LogP contribution in [-0.4, -0.2) is 40.3 Å². The summed E-state index contributed by atoms with van der Waals surface area (Å²) in [4.78, 5) is 13.3. The fourth-order valence-corrected chi connectivity index (χ4v) is 3.44. The summed E-state index contributed by atoms with van der Waals surface area (Å²) in [6.07, 6.45) is 5.08. The minimum absolute atomic E-state index is 0.00928. The van der Waals surface area contributed by atoms with Crippen LogP contribution in [0, 0.1) is 5.92 Å². The van der Waals surface area contributed by atoms with Gasteiger partial charge in [-0.3, -0.25) is 9.69 Å². The Bertz CT molecular complexity index is 506. The van der Waals surface area contributed by atoms with Crippen molar-refractivity contribution in [3.05, 3.63) is 17.0 Å². The van der Waals surface area contributed by atoms with E-state index in [4.69, 9.17) is 10.3 Å². The van der Waals surface area contributed by atoms with Gasteiger partial charge in [0.05, 0.1) is 0 Å². The molecule has 1 saturated heterocycles. The number of amides is 1. The molecule has 2 heterocycles. The van der Waals surface area contributed by atoms with Crippen LogP contribution in [0.4, 0.5) is 0 Å². The van der Waals surface area contributed by atoms with Crippen LogP contribution in [0.3, 0.4) is 0 Å². The molecule has 0 aromatic carbocycles. The monoisotopic (exact) mass is 293 g/mol. The standard InChI is InChI=1S/C15H23N3O3/c16-15(20)14(19)10-5-7-18(8-6-10)9-12-11-3-1-2-4-13(11)21-17-12/h10,14,19H,1-9H2,(H2,16,20)/t14-/m0/s1. The number of carbonyl (C=O) groups is 1. The Kier molecular flexibility index (Phi) is 4.26. The molecule has 0 spiro atoms. The Labute approximate surface area is 124 Å². The van der Waals surface area contributed by atoms with E-state index in [1.165, 1.54) is 18.4 Å². The third-order valence-electron chi connectivity index (χ3n) is 4.78. The van der Waals surface area contributed by atoms with E-state index in [-0.39, 0.29) is 5.92 Å². The second-order valence-electron chi connectivity index (χ2n) is 6.20. The van der Waals surface area contributed by atoms with E-state index in [0.717, 1.165) is 56.8 Å². The van der Waals surface area contributed by atoms with Crippen molar-refractivity contribution in [3.8, 4) is 0 Å². The zero-order chi connectivity index (χ0) is 14.8. The number of fused-ring (bicyclic) bond motifs is 1. The first-order valence-corrected chi connectivity index (χ1v) is 7.81. The second kappa shape index (κ2) is 6.15. The molecule has 3 rings (SSSR count). The van der Waals surface area contributed by atoms with Gasteiger partial charge in [0.1, 0.15) is 17.6 Å². The van der Waals surface area contributed by atoms with Crippen LogP contribution in [0.5, 0.6) is 0 Å². The van der Waals surface area contributed by atoms with Crippen LogP contribution in [0.25, 0.3) is 0 Å². The quantitative estimate of drug-likeness (QED) is 0.848. The number of piperidine rings is 1. The number of hydrogen-bond donors (Lipinski definition) is 2. The predicted octanol–water partition coefficient (Wildman–Crippen LogP) is 0.612. The molecule has 1 aliphatic carbocycles. The normalized spacial score (nSPS) is 22.0. The van der Waals surface area contributed by atoms with Gasteiger partial charge in [0.15, 0.2) is 0 Å². The van der Waals surface area contributed by atoms with Crippen molar-refractivity contribution in [1.82, 2.24) is 10.1 Å². The topological polar surface area (TPSA) is 92.6 Å². The highest BCUT2D eigenvalue weighted by Crippen LogP contribution is 2.27. The number of likely N-dealkylation sites (tertiary alicyclic amines) is 1. The number of hydrogen-bond acceptors (Lipinski definition) is 5. The van der Waals surface area contributed by atoms with Gasteiger partial charge in [0, 0.05) is 18.5 Å². The summed E-state index contributed by atoms with van der Waals surface area (Å²) in [6.45, 7) is 2.52. The smallest absolute Gasteiger partial charge is 0.246 e. The van der Waals surface area contributed by atoms with Crippen molar-refractivity contribution in [1.29, 1.82) is 0 Å². The fourth-order valence-electron chi connectivity index (χ4n) is 3.44. The summed E-state index contributed by atoms with van der Waals surface area (Å²) >= 11 is 0. The number of nitrogens with two attached hydrogens (primary N) is 1. The molecule has 1 aromatic rings. The number of carbonyl (C=O) groups excluding carboxylic acids is 1. The average molecular weight is 293 g/mol. The molecule has 6 heteroatoms. The lowest BCUT2D eigenvalue weighted by Gasteiger charge is -2.32. The second-order valence-corrected chi connectivity index (χ2v) is 6.20. The van der Waals surface area contributed by atoms with Crippen LogP contribution in [-0.2, 0) is 24.2 Å². The molecule has 0 unspecified atom stereocenters. The van der Waals surface area contributed by atoms with E-state index in [9.17, 15) is 9.90 Å². The molecule has 1 fully saturated rings. The molecule has 6 nitrogen and oxygen atoms in total.